The van der Waals surface area contributed by atoms with Crippen molar-refractivity contribution in [2.75, 3.05) is 36.4 Å². The number of rotatable bonds is 3. The fourth-order valence-corrected chi connectivity index (χ4v) is 1.88. The van der Waals surface area contributed by atoms with Crippen LogP contribution in [0.15, 0.2) is 18.3 Å². The van der Waals surface area contributed by atoms with Crippen molar-refractivity contribution in [3.63, 3.8) is 0 Å². The van der Waals surface area contributed by atoms with E-state index in [0.29, 0.717) is 6.04 Å². The van der Waals surface area contributed by atoms with Crippen LogP contribution in [-0.2, 0) is 0 Å². The number of hydrogen-bond donors (Lipinski definition) is 2. The van der Waals surface area contributed by atoms with Gasteiger partial charge in [-0.3, -0.25) is 0 Å². The van der Waals surface area contributed by atoms with Gasteiger partial charge in [-0.05, 0) is 26.0 Å². The third-order valence-corrected chi connectivity index (χ3v) is 2.67. The molecule has 1 aliphatic heterocycles. The predicted octanol–water partition coefficient (Wildman–Crippen LogP) is 1.31. The third kappa shape index (κ3) is 2.85. The van der Waals surface area contributed by atoms with Crippen molar-refractivity contribution in [3.8, 4) is 0 Å². The second-order valence-corrected chi connectivity index (χ2v) is 4.44. The molecule has 0 aromatic carbocycles. The van der Waals surface area contributed by atoms with Gasteiger partial charge < -0.3 is 15.5 Å². The van der Waals surface area contributed by atoms with Crippen LogP contribution in [0.3, 0.4) is 0 Å². The van der Waals surface area contributed by atoms with E-state index >= 15 is 0 Å². The van der Waals surface area contributed by atoms with Gasteiger partial charge in [0.25, 0.3) is 0 Å². The first-order chi connectivity index (χ1) is 7.75. The van der Waals surface area contributed by atoms with Gasteiger partial charge in [-0.1, -0.05) is 0 Å². The van der Waals surface area contributed by atoms with Crippen LogP contribution in [0.2, 0.25) is 0 Å². The minimum atomic E-state index is 0.428. The van der Waals surface area contributed by atoms with Gasteiger partial charge in [-0.25, -0.2) is 4.98 Å². The molecule has 0 unspecified atom stereocenters. The molecule has 1 aromatic rings. The van der Waals surface area contributed by atoms with Crippen LogP contribution in [0.1, 0.15) is 13.8 Å². The van der Waals surface area contributed by atoms with Crippen LogP contribution in [0.4, 0.5) is 11.5 Å². The van der Waals surface area contributed by atoms with Crippen LogP contribution < -0.4 is 15.5 Å². The third-order valence-electron chi connectivity index (χ3n) is 2.67. The van der Waals surface area contributed by atoms with Crippen molar-refractivity contribution in [1.82, 2.24) is 10.3 Å². The first-order valence-corrected chi connectivity index (χ1v) is 5.94. The van der Waals surface area contributed by atoms with Crippen LogP contribution in [-0.4, -0.2) is 37.2 Å². The molecule has 4 nitrogen and oxygen atoms in total. The predicted molar refractivity (Wildman–Crippen MR) is 68.1 cm³/mol. The molecule has 0 aliphatic carbocycles. The van der Waals surface area contributed by atoms with E-state index in [0.717, 1.165) is 32.0 Å². The average Bonchev–Trinajstić information content (AvgIpc) is 2.30. The van der Waals surface area contributed by atoms with E-state index < -0.39 is 0 Å². The van der Waals surface area contributed by atoms with Crippen molar-refractivity contribution >= 4 is 11.5 Å². The molecule has 0 spiro atoms. The topological polar surface area (TPSA) is 40.2 Å². The fraction of sp³-hybridized carbons (Fsp3) is 0.583. The molecular formula is C12H20N4. The van der Waals surface area contributed by atoms with Gasteiger partial charge in [0.2, 0.25) is 0 Å². The van der Waals surface area contributed by atoms with Crippen molar-refractivity contribution in [1.29, 1.82) is 0 Å². The Hall–Kier alpha value is -1.29. The Morgan fingerprint density at radius 1 is 1.31 bits per heavy atom. The lowest BCUT2D eigenvalue weighted by Gasteiger charge is -2.29. The maximum atomic E-state index is 4.42. The van der Waals surface area contributed by atoms with Crippen molar-refractivity contribution in [3.05, 3.63) is 18.3 Å². The summed E-state index contributed by atoms with van der Waals surface area (Å²) in [4.78, 5) is 6.78. The summed E-state index contributed by atoms with van der Waals surface area (Å²) in [6.07, 6.45) is 1.95. The lowest BCUT2D eigenvalue weighted by molar-refractivity contribution is 0.589. The zero-order chi connectivity index (χ0) is 11.4. The number of aromatic nitrogens is 1. The lowest BCUT2D eigenvalue weighted by Crippen LogP contribution is -2.43. The van der Waals surface area contributed by atoms with Gasteiger partial charge >= 0.3 is 0 Å². The number of pyridine rings is 1. The Morgan fingerprint density at radius 3 is 2.62 bits per heavy atom. The largest absolute Gasteiger partial charge is 0.368 e. The summed E-state index contributed by atoms with van der Waals surface area (Å²) in [5.74, 6) is 0.953. The number of nitrogens with zero attached hydrogens (tertiary/aromatic N) is 2. The van der Waals surface area contributed by atoms with Crippen molar-refractivity contribution in [2.45, 2.75) is 19.9 Å². The zero-order valence-electron chi connectivity index (χ0n) is 10.0. The van der Waals surface area contributed by atoms with Gasteiger partial charge in [-0.15, -0.1) is 0 Å². The van der Waals surface area contributed by atoms with E-state index in [1.54, 1.807) is 0 Å². The van der Waals surface area contributed by atoms with E-state index in [2.05, 4.69) is 46.5 Å². The second kappa shape index (κ2) is 5.16. The Labute approximate surface area is 97.1 Å². The summed E-state index contributed by atoms with van der Waals surface area (Å²) in [6, 6.07) is 4.62. The molecule has 4 heteroatoms. The fourth-order valence-electron chi connectivity index (χ4n) is 1.88. The normalized spacial score (nSPS) is 16.6. The summed E-state index contributed by atoms with van der Waals surface area (Å²) in [5, 5.41) is 6.64. The molecule has 1 aromatic heterocycles. The maximum Gasteiger partial charge on any atom is 0.126 e. The number of hydrogen-bond acceptors (Lipinski definition) is 4. The number of piperazine rings is 1. The van der Waals surface area contributed by atoms with Gasteiger partial charge in [0.1, 0.15) is 5.82 Å². The van der Waals surface area contributed by atoms with Crippen molar-refractivity contribution < 1.29 is 0 Å². The highest BCUT2D eigenvalue weighted by Gasteiger charge is 2.10. The smallest absolute Gasteiger partial charge is 0.126 e. The molecule has 2 heterocycles. The highest BCUT2D eigenvalue weighted by atomic mass is 15.2. The van der Waals surface area contributed by atoms with Crippen LogP contribution in [0, 0.1) is 0 Å². The monoisotopic (exact) mass is 220 g/mol. The molecule has 0 atom stereocenters. The molecular weight excluding hydrogens is 200 g/mol. The lowest BCUT2D eigenvalue weighted by atomic mass is 10.3. The second-order valence-electron chi connectivity index (χ2n) is 4.44. The molecule has 1 aliphatic rings. The van der Waals surface area contributed by atoms with Gasteiger partial charge in [0.15, 0.2) is 0 Å². The molecule has 0 bridgehead atoms. The van der Waals surface area contributed by atoms with Crippen LogP contribution in [0.25, 0.3) is 0 Å². The van der Waals surface area contributed by atoms with E-state index in [4.69, 9.17) is 0 Å². The standard InChI is InChI=1S/C12H20N4/c1-10(2)15-12-4-3-11(9-14-12)16-7-5-13-6-8-16/h3-4,9-10,13H,5-8H2,1-2H3,(H,14,15). The first kappa shape index (κ1) is 11.2. The van der Waals surface area contributed by atoms with Gasteiger partial charge in [0, 0.05) is 32.2 Å². The Kier molecular flexibility index (Phi) is 3.62. The van der Waals surface area contributed by atoms with E-state index in [-0.39, 0.29) is 0 Å². The van der Waals surface area contributed by atoms with Crippen molar-refractivity contribution in [2.24, 2.45) is 0 Å². The van der Waals surface area contributed by atoms with Gasteiger partial charge in [0.05, 0.1) is 11.9 Å². The van der Waals surface area contributed by atoms with Gasteiger partial charge in [-0.2, -0.15) is 0 Å². The van der Waals surface area contributed by atoms with E-state index in [9.17, 15) is 0 Å². The Morgan fingerprint density at radius 2 is 2.06 bits per heavy atom. The highest BCUT2D eigenvalue weighted by molar-refractivity contribution is 5.50. The minimum Gasteiger partial charge on any atom is -0.368 e. The van der Waals surface area contributed by atoms with Crippen LogP contribution in [0.5, 0.6) is 0 Å². The zero-order valence-corrected chi connectivity index (χ0v) is 10.0. The average molecular weight is 220 g/mol. The maximum absolute atomic E-state index is 4.42. The summed E-state index contributed by atoms with van der Waals surface area (Å²) in [6.45, 7) is 8.49. The number of anilines is 2. The number of nitrogens with one attached hydrogen (secondary N) is 2. The Bertz CT molecular complexity index is 314. The summed E-state index contributed by atoms with van der Waals surface area (Å²) >= 11 is 0. The molecule has 2 rings (SSSR count). The van der Waals surface area contributed by atoms with E-state index in [1.165, 1.54) is 5.69 Å². The molecule has 0 saturated carbocycles. The van der Waals surface area contributed by atoms with E-state index in [1.807, 2.05) is 6.20 Å². The quantitative estimate of drug-likeness (QED) is 0.806. The molecule has 1 saturated heterocycles. The summed E-state index contributed by atoms with van der Waals surface area (Å²) in [7, 11) is 0. The molecule has 2 N–H and O–H groups in total. The SMILES string of the molecule is CC(C)Nc1ccc(N2CCNCC2)cn1. The molecule has 88 valence electrons. The highest BCUT2D eigenvalue weighted by Crippen LogP contribution is 2.15. The summed E-state index contributed by atoms with van der Waals surface area (Å²) < 4.78 is 0. The molecule has 0 radical (unpaired) electrons. The molecule has 0 amide bonds. The van der Waals surface area contributed by atoms with Crippen LogP contribution >= 0.6 is 0 Å². The molecule has 1 fully saturated rings. The minimum absolute atomic E-state index is 0.428. The summed E-state index contributed by atoms with van der Waals surface area (Å²) in [5.41, 5.74) is 1.22. The first-order valence-electron chi connectivity index (χ1n) is 5.94. The Balaban J connectivity index is 2.00. The molecule has 16 heavy (non-hydrogen) atoms.